The zero-order valence-electron chi connectivity index (χ0n) is 8.53. The Balaban J connectivity index is 2.30. The molecular formula is C12H17NO. The molecule has 0 radical (unpaired) electrons. The van der Waals surface area contributed by atoms with Crippen LogP contribution in [-0.4, -0.2) is 17.8 Å². The summed E-state index contributed by atoms with van der Waals surface area (Å²) in [4.78, 5) is 0. The van der Waals surface area contributed by atoms with Crippen LogP contribution in [0.2, 0.25) is 0 Å². The summed E-state index contributed by atoms with van der Waals surface area (Å²) in [7, 11) is 0. The van der Waals surface area contributed by atoms with E-state index in [0.29, 0.717) is 0 Å². The number of rotatable bonds is 2. The summed E-state index contributed by atoms with van der Waals surface area (Å²) in [5, 5.41) is 13.2. The summed E-state index contributed by atoms with van der Waals surface area (Å²) in [6.07, 6.45) is 1.60. The fourth-order valence-electron chi connectivity index (χ4n) is 2.12. The normalized spacial score (nSPS) is 22.9. The van der Waals surface area contributed by atoms with Gasteiger partial charge in [0.2, 0.25) is 0 Å². The molecule has 0 fully saturated rings. The Labute approximate surface area is 85.0 Å². The summed E-state index contributed by atoms with van der Waals surface area (Å²) in [5.41, 5.74) is 2.65. The van der Waals surface area contributed by atoms with E-state index in [1.54, 1.807) is 0 Å². The zero-order valence-corrected chi connectivity index (χ0v) is 8.53. The Morgan fingerprint density at radius 2 is 2.29 bits per heavy atom. The second-order valence-corrected chi connectivity index (χ2v) is 3.86. The molecular weight excluding hydrogens is 174 g/mol. The second kappa shape index (κ2) is 4.11. The van der Waals surface area contributed by atoms with Crippen molar-refractivity contribution < 1.29 is 5.11 Å². The van der Waals surface area contributed by atoms with Crippen molar-refractivity contribution in [2.75, 3.05) is 6.54 Å². The topological polar surface area (TPSA) is 32.3 Å². The molecule has 2 N–H and O–H groups in total. The van der Waals surface area contributed by atoms with E-state index in [2.05, 4.69) is 23.5 Å². The van der Waals surface area contributed by atoms with Crippen LogP contribution < -0.4 is 5.32 Å². The van der Waals surface area contributed by atoms with E-state index in [-0.39, 0.29) is 12.1 Å². The second-order valence-electron chi connectivity index (χ2n) is 3.86. The summed E-state index contributed by atoms with van der Waals surface area (Å²) in [6, 6.07) is 8.52. The minimum Gasteiger partial charge on any atom is -0.391 e. The van der Waals surface area contributed by atoms with E-state index in [1.807, 2.05) is 13.0 Å². The van der Waals surface area contributed by atoms with Crippen LogP contribution in [0, 0.1) is 0 Å². The van der Waals surface area contributed by atoms with Gasteiger partial charge < -0.3 is 10.4 Å². The third-order valence-electron chi connectivity index (χ3n) is 2.95. The van der Waals surface area contributed by atoms with Gasteiger partial charge in [-0.15, -0.1) is 0 Å². The van der Waals surface area contributed by atoms with E-state index in [0.717, 1.165) is 19.4 Å². The molecule has 0 saturated heterocycles. The SMILES string of the molecule is CCC(O)C1NCCc2ccccc21. The first-order valence-corrected chi connectivity index (χ1v) is 5.32. The Hall–Kier alpha value is -0.860. The molecule has 0 aliphatic carbocycles. The molecule has 1 aliphatic rings. The Bertz CT molecular complexity index is 311. The van der Waals surface area contributed by atoms with Crippen molar-refractivity contribution in [1.29, 1.82) is 0 Å². The summed E-state index contributed by atoms with van der Waals surface area (Å²) in [5.74, 6) is 0. The molecule has 0 amide bonds. The summed E-state index contributed by atoms with van der Waals surface area (Å²) < 4.78 is 0. The number of hydrogen-bond donors (Lipinski definition) is 2. The van der Waals surface area contributed by atoms with Crippen LogP contribution in [0.1, 0.15) is 30.5 Å². The average Bonchev–Trinajstić information content (AvgIpc) is 2.27. The summed E-state index contributed by atoms with van der Waals surface area (Å²) >= 11 is 0. The third-order valence-corrected chi connectivity index (χ3v) is 2.95. The lowest BCUT2D eigenvalue weighted by molar-refractivity contribution is 0.120. The molecule has 1 heterocycles. The molecule has 0 aromatic heterocycles. The van der Waals surface area contributed by atoms with E-state index in [4.69, 9.17) is 0 Å². The van der Waals surface area contributed by atoms with Gasteiger partial charge in [0.25, 0.3) is 0 Å². The van der Waals surface area contributed by atoms with E-state index in [1.165, 1.54) is 11.1 Å². The first-order chi connectivity index (χ1) is 6.83. The predicted molar refractivity (Wildman–Crippen MR) is 57.2 cm³/mol. The smallest absolute Gasteiger partial charge is 0.0732 e. The minimum atomic E-state index is -0.267. The zero-order chi connectivity index (χ0) is 9.97. The molecule has 0 saturated carbocycles. The highest BCUT2D eigenvalue weighted by Gasteiger charge is 2.24. The molecule has 2 nitrogen and oxygen atoms in total. The molecule has 1 aromatic rings. The van der Waals surface area contributed by atoms with Crippen molar-refractivity contribution in [3.63, 3.8) is 0 Å². The van der Waals surface area contributed by atoms with Gasteiger partial charge in [-0.1, -0.05) is 31.2 Å². The Morgan fingerprint density at radius 3 is 3.07 bits per heavy atom. The van der Waals surface area contributed by atoms with Crippen LogP contribution in [0.4, 0.5) is 0 Å². The lowest BCUT2D eigenvalue weighted by Gasteiger charge is -2.30. The van der Waals surface area contributed by atoms with Crippen molar-refractivity contribution >= 4 is 0 Å². The highest BCUT2D eigenvalue weighted by molar-refractivity contribution is 5.33. The number of nitrogens with one attached hydrogen (secondary N) is 1. The molecule has 2 atom stereocenters. The Kier molecular flexibility index (Phi) is 2.85. The van der Waals surface area contributed by atoms with Gasteiger partial charge in [-0.3, -0.25) is 0 Å². The molecule has 0 spiro atoms. The molecule has 76 valence electrons. The molecule has 1 aliphatic heterocycles. The van der Waals surface area contributed by atoms with Gasteiger partial charge in [0.15, 0.2) is 0 Å². The number of aliphatic hydroxyl groups excluding tert-OH is 1. The number of hydrogen-bond acceptors (Lipinski definition) is 2. The van der Waals surface area contributed by atoms with Crippen LogP contribution >= 0.6 is 0 Å². The molecule has 1 aromatic carbocycles. The fraction of sp³-hybridized carbons (Fsp3) is 0.500. The molecule has 2 heteroatoms. The van der Waals surface area contributed by atoms with E-state index >= 15 is 0 Å². The van der Waals surface area contributed by atoms with Crippen molar-refractivity contribution in [2.24, 2.45) is 0 Å². The maximum atomic E-state index is 9.87. The summed E-state index contributed by atoms with van der Waals surface area (Å²) in [6.45, 7) is 2.99. The van der Waals surface area contributed by atoms with Crippen LogP contribution in [-0.2, 0) is 6.42 Å². The maximum Gasteiger partial charge on any atom is 0.0732 e. The van der Waals surface area contributed by atoms with Gasteiger partial charge in [0.1, 0.15) is 0 Å². The van der Waals surface area contributed by atoms with Crippen molar-refractivity contribution in [3.05, 3.63) is 35.4 Å². The standard InChI is InChI=1S/C12H17NO/c1-2-11(14)12-10-6-4-3-5-9(10)7-8-13-12/h3-6,11-14H,2,7-8H2,1H3. The van der Waals surface area contributed by atoms with Gasteiger partial charge in [-0.2, -0.15) is 0 Å². The van der Waals surface area contributed by atoms with Gasteiger partial charge in [-0.05, 0) is 30.5 Å². The van der Waals surface area contributed by atoms with Crippen molar-refractivity contribution in [2.45, 2.75) is 31.9 Å². The molecule has 2 unspecified atom stereocenters. The number of benzene rings is 1. The van der Waals surface area contributed by atoms with Crippen LogP contribution in [0.15, 0.2) is 24.3 Å². The van der Waals surface area contributed by atoms with Crippen LogP contribution in [0.5, 0.6) is 0 Å². The van der Waals surface area contributed by atoms with Gasteiger partial charge in [0, 0.05) is 0 Å². The Morgan fingerprint density at radius 1 is 1.50 bits per heavy atom. The monoisotopic (exact) mass is 191 g/mol. The third kappa shape index (κ3) is 1.68. The highest BCUT2D eigenvalue weighted by atomic mass is 16.3. The highest BCUT2D eigenvalue weighted by Crippen LogP contribution is 2.26. The fourth-order valence-corrected chi connectivity index (χ4v) is 2.12. The lowest BCUT2D eigenvalue weighted by atomic mass is 9.90. The van der Waals surface area contributed by atoms with Crippen molar-refractivity contribution in [3.8, 4) is 0 Å². The number of fused-ring (bicyclic) bond motifs is 1. The van der Waals surface area contributed by atoms with E-state index < -0.39 is 0 Å². The minimum absolute atomic E-state index is 0.130. The van der Waals surface area contributed by atoms with Crippen LogP contribution in [0.25, 0.3) is 0 Å². The van der Waals surface area contributed by atoms with Gasteiger partial charge in [-0.25, -0.2) is 0 Å². The maximum absolute atomic E-state index is 9.87. The largest absolute Gasteiger partial charge is 0.391 e. The molecule has 0 bridgehead atoms. The quantitative estimate of drug-likeness (QED) is 0.745. The predicted octanol–water partition coefficient (Wildman–Crippen LogP) is 1.64. The van der Waals surface area contributed by atoms with Gasteiger partial charge in [0.05, 0.1) is 12.1 Å². The molecule has 2 rings (SSSR count). The van der Waals surface area contributed by atoms with Crippen molar-refractivity contribution in [1.82, 2.24) is 5.32 Å². The van der Waals surface area contributed by atoms with E-state index in [9.17, 15) is 5.11 Å². The van der Waals surface area contributed by atoms with Crippen LogP contribution in [0.3, 0.4) is 0 Å². The average molecular weight is 191 g/mol. The lowest BCUT2D eigenvalue weighted by Crippen LogP contribution is -2.37. The van der Waals surface area contributed by atoms with Gasteiger partial charge >= 0.3 is 0 Å². The molecule has 14 heavy (non-hydrogen) atoms. The first-order valence-electron chi connectivity index (χ1n) is 5.32. The first kappa shape index (κ1) is 9.69. The number of aliphatic hydroxyl groups is 1.